The Morgan fingerprint density at radius 1 is 1.25 bits per heavy atom. The fraction of sp³-hybridized carbons (Fsp3) is 1.00. The van der Waals surface area contributed by atoms with Gasteiger partial charge in [0.25, 0.3) is 0 Å². The van der Waals surface area contributed by atoms with E-state index >= 15 is 0 Å². The number of hydrogen-bond donors (Lipinski definition) is 1. The van der Waals surface area contributed by atoms with E-state index in [1.807, 2.05) is 0 Å². The summed E-state index contributed by atoms with van der Waals surface area (Å²) < 4.78 is 12.1. The lowest BCUT2D eigenvalue weighted by Crippen LogP contribution is -2.43. The van der Waals surface area contributed by atoms with Crippen molar-refractivity contribution in [3.05, 3.63) is 0 Å². The van der Waals surface area contributed by atoms with Crippen molar-refractivity contribution in [1.82, 2.24) is 0 Å². The minimum Gasteiger partial charge on any atom is -0.327 e. The van der Waals surface area contributed by atoms with Gasteiger partial charge in [0.15, 0.2) is 0 Å². The molecular weight excluding hydrogens is 218 g/mol. The summed E-state index contributed by atoms with van der Waals surface area (Å²) in [6.07, 6.45) is 8.16. The molecule has 0 aliphatic heterocycles. The van der Waals surface area contributed by atoms with E-state index in [0.717, 1.165) is 37.4 Å². The Hall–Kier alpha value is 0.110. The Bertz CT molecular complexity index is 220. The van der Waals surface area contributed by atoms with Crippen LogP contribution in [-0.2, 0) is 10.8 Å². The summed E-state index contributed by atoms with van der Waals surface area (Å²) in [7, 11) is -0.686. The van der Waals surface area contributed by atoms with Gasteiger partial charge in [-0.25, -0.2) is 0 Å². The fourth-order valence-electron chi connectivity index (χ4n) is 2.65. The molecule has 1 aliphatic rings. The molecule has 0 amide bonds. The highest BCUT2D eigenvalue weighted by Gasteiger charge is 2.31. The average Bonchev–Trinajstić information content (AvgIpc) is 2.29. The van der Waals surface area contributed by atoms with E-state index in [2.05, 4.69) is 13.8 Å². The molecule has 0 aromatic heterocycles. The minimum atomic E-state index is -0.686. The van der Waals surface area contributed by atoms with Crippen LogP contribution in [0.2, 0.25) is 0 Å². The van der Waals surface area contributed by atoms with E-state index in [0.29, 0.717) is 0 Å². The van der Waals surface area contributed by atoms with E-state index in [1.54, 1.807) is 0 Å². The summed E-state index contributed by atoms with van der Waals surface area (Å²) in [5, 5.41) is 0.275. The van der Waals surface area contributed by atoms with Gasteiger partial charge in [-0.1, -0.05) is 33.1 Å². The normalized spacial score (nSPS) is 32.6. The third-order valence-corrected chi connectivity index (χ3v) is 5.59. The molecular formula is C13H27NOS. The van der Waals surface area contributed by atoms with Crippen molar-refractivity contribution in [2.75, 3.05) is 5.75 Å². The molecule has 1 rings (SSSR count). The van der Waals surface area contributed by atoms with Crippen LogP contribution in [0.1, 0.15) is 58.8 Å². The van der Waals surface area contributed by atoms with Crippen LogP contribution in [0.3, 0.4) is 0 Å². The van der Waals surface area contributed by atoms with Gasteiger partial charge in [0.1, 0.15) is 0 Å². The van der Waals surface area contributed by atoms with Crippen LogP contribution < -0.4 is 5.73 Å². The van der Waals surface area contributed by atoms with Gasteiger partial charge in [-0.05, 0) is 31.6 Å². The first-order chi connectivity index (χ1) is 7.69. The van der Waals surface area contributed by atoms with Crippen LogP contribution in [0.25, 0.3) is 0 Å². The van der Waals surface area contributed by atoms with Crippen LogP contribution >= 0.6 is 0 Å². The molecule has 1 saturated carbocycles. The van der Waals surface area contributed by atoms with Gasteiger partial charge in [0.2, 0.25) is 0 Å². The van der Waals surface area contributed by atoms with Crippen LogP contribution in [-0.4, -0.2) is 21.3 Å². The van der Waals surface area contributed by atoms with Gasteiger partial charge in [-0.2, -0.15) is 0 Å². The van der Waals surface area contributed by atoms with Crippen LogP contribution in [0.5, 0.6) is 0 Å². The molecule has 16 heavy (non-hydrogen) atoms. The molecule has 2 N–H and O–H groups in total. The Kier molecular flexibility index (Phi) is 6.59. The van der Waals surface area contributed by atoms with E-state index in [9.17, 15) is 4.21 Å². The molecule has 3 heteroatoms. The van der Waals surface area contributed by atoms with Gasteiger partial charge in [0.05, 0.1) is 5.25 Å². The molecule has 0 bridgehead atoms. The monoisotopic (exact) mass is 245 g/mol. The van der Waals surface area contributed by atoms with Gasteiger partial charge in [-0.15, -0.1) is 0 Å². The number of nitrogens with two attached hydrogens (primary N) is 1. The molecule has 0 saturated heterocycles. The van der Waals surface area contributed by atoms with Gasteiger partial charge in [0, 0.05) is 22.6 Å². The van der Waals surface area contributed by atoms with Gasteiger partial charge < -0.3 is 5.73 Å². The highest BCUT2D eigenvalue weighted by atomic mass is 32.2. The molecule has 96 valence electrons. The first-order valence-corrected chi connectivity index (χ1v) is 8.20. The second kappa shape index (κ2) is 7.44. The number of hydrogen-bond acceptors (Lipinski definition) is 2. The summed E-state index contributed by atoms with van der Waals surface area (Å²) in [6.45, 7) is 4.38. The molecule has 0 radical (unpaired) electrons. The minimum absolute atomic E-state index is 0.186. The zero-order valence-electron chi connectivity index (χ0n) is 10.8. The molecule has 0 aromatic carbocycles. The molecule has 2 nitrogen and oxygen atoms in total. The third-order valence-electron chi connectivity index (χ3n) is 3.69. The summed E-state index contributed by atoms with van der Waals surface area (Å²) in [4.78, 5) is 0. The summed E-state index contributed by atoms with van der Waals surface area (Å²) in [5.41, 5.74) is 6.12. The lowest BCUT2D eigenvalue weighted by Gasteiger charge is -2.33. The van der Waals surface area contributed by atoms with E-state index in [1.165, 1.54) is 19.3 Å². The Balaban J connectivity index is 2.45. The van der Waals surface area contributed by atoms with Crippen LogP contribution in [0.4, 0.5) is 0 Å². The van der Waals surface area contributed by atoms with Crippen molar-refractivity contribution in [3.8, 4) is 0 Å². The molecule has 1 fully saturated rings. The van der Waals surface area contributed by atoms with Crippen LogP contribution in [0, 0.1) is 5.92 Å². The molecule has 4 atom stereocenters. The van der Waals surface area contributed by atoms with Crippen molar-refractivity contribution in [2.24, 2.45) is 11.7 Å². The molecule has 4 unspecified atom stereocenters. The van der Waals surface area contributed by atoms with E-state index < -0.39 is 10.8 Å². The second-order valence-electron chi connectivity index (χ2n) is 5.11. The maximum Gasteiger partial charge on any atom is 0.0501 e. The smallest absolute Gasteiger partial charge is 0.0501 e. The van der Waals surface area contributed by atoms with Crippen molar-refractivity contribution in [1.29, 1.82) is 0 Å². The van der Waals surface area contributed by atoms with Crippen molar-refractivity contribution in [3.63, 3.8) is 0 Å². The molecule has 0 aromatic rings. The predicted molar refractivity (Wildman–Crippen MR) is 71.9 cm³/mol. The lowest BCUT2D eigenvalue weighted by molar-refractivity contribution is 0.313. The topological polar surface area (TPSA) is 43.1 Å². The SMILES string of the molecule is CCCCS(=O)C1CC(CCC)CCC1N. The molecule has 0 heterocycles. The third kappa shape index (κ3) is 4.17. The summed E-state index contributed by atoms with van der Waals surface area (Å²) in [6, 6.07) is 0.186. The first kappa shape index (κ1) is 14.2. The van der Waals surface area contributed by atoms with Crippen molar-refractivity contribution < 1.29 is 4.21 Å². The summed E-state index contributed by atoms with van der Waals surface area (Å²) >= 11 is 0. The summed E-state index contributed by atoms with van der Waals surface area (Å²) in [5.74, 6) is 1.63. The Morgan fingerprint density at radius 3 is 2.62 bits per heavy atom. The quantitative estimate of drug-likeness (QED) is 0.782. The van der Waals surface area contributed by atoms with E-state index in [-0.39, 0.29) is 11.3 Å². The van der Waals surface area contributed by atoms with Crippen LogP contribution in [0.15, 0.2) is 0 Å². The first-order valence-electron chi connectivity index (χ1n) is 6.81. The highest BCUT2D eigenvalue weighted by Crippen LogP contribution is 2.30. The predicted octanol–water partition coefficient (Wildman–Crippen LogP) is 2.83. The Labute approximate surface area is 103 Å². The van der Waals surface area contributed by atoms with Gasteiger partial charge >= 0.3 is 0 Å². The zero-order valence-corrected chi connectivity index (χ0v) is 11.6. The highest BCUT2D eigenvalue weighted by molar-refractivity contribution is 7.85. The molecule has 1 aliphatic carbocycles. The standard InChI is InChI=1S/C13H27NOS/c1-3-5-9-16(15)13-10-11(6-4-2)7-8-12(13)14/h11-13H,3-10,14H2,1-2H3. The fourth-order valence-corrected chi connectivity index (χ4v) is 4.53. The number of rotatable bonds is 6. The lowest BCUT2D eigenvalue weighted by atomic mass is 9.83. The van der Waals surface area contributed by atoms with Crippen molar-refractivity contribution in [2.45, 2.75) is 70.1 Å². The second-order valence-corrected chi connectivity index (χ2v) is 6.88. The number of unbranched alkanes of at least 4 members (excludes halogenated alkanes) is 1. The van der Waals surface area contributed by atoms with E-state index in [4.69, 9.17) is 5.73 Å². The maximum absolute atomic E-state index is 12.1. The zero-order chi connectivity index (χ0) is 12.0. The van der Waals surface area contributed by atoms with Crippen molar-refractivity contribution >= 4 is 10.8 Å². The Morgan fingerprint density at radius 2 is 2.00 bits per heavy atom. The van der Waals surface area contributed by atoms with Gasteiger partial charge in [-0.3, -0.25) is 4.21 Å². The maximum atomic E-state index is 12.1. The average molecular weight is 245 g/mol. The molecule has 0 spiro atoms. The largest absolute Gasteiger partial charge is 0.327 e.